The maximum absolute atomic E-state index is 6.20. The van der Waals surface area contributed by atoms with E-state index in [9.17, 15) is 0 Å². The van der Waals surface area contributed by atoms with E-state index < -0.39 is 0 Å². The number of fused-ring (bicyclic) bond motifs is 1. The number of halogens is 1. The van der Waals surface area contributed by atoms with Crippen LogP contribution in [-0.4, -0.2) is 4.57 Å². The number of nitrogens with zero attached hydrogens (tertiary/aromatic N) is 1. The molecule has 0 bridgehead atoms. The van der Waals surface area contributed by atoms with E-state index in [1.165, 1.54) is 16.6 Å². The minimum Gasteiger partial charge on any atom is -0.343 e. The van der Waals surface area contributed by atoms with Gasteiger partial charge in [0.05, 0.1) is 5.54 Å². The zero-order chi connectivity index (χ0) is 11.9. The average Bonchev–Trinajstić information content (AvgIpc) is 2.54. The van der Waals surface area contributed by atoms with Gasteiger partial charge in [0.2, 0.25) is 0 Å². The average molecular weight is 281 g/mol. The molecule has 0 aliphatic carbocycles. The first kappa shape index (κ1) is 11.7. The molecule has 0 aliphatic heterocycles. The highest BCUT2D eigenvalue weighted by Gasteiger charge is 2.20. The molecule has 2 aromatic rings. The van der Waals surface area contributed by atoms with Gasteiger partial charge in [0.1, 0.15) is 0 Å². The lowest BCUT2D eigenvalue weighted by atomic mass is 10.0. The molecule has 0 aliphatic rings. The van der Waals surface area contributed by atoms with Gasteiger partial charge in [-0.1, -0.05) is 22.0 Å². The minimum absolute atomic E-state index is 0.304. The van der Waals surface area contributed by atoms with Crippen LogP contribution in [0.25, 0.3) is 10.9 Å². The van der Waals surface area contributed by atoms with Crippen LogP contribution in [0.3, 0.4) is 0 Å². The second kappa shape index (κ2) is 3.90. The molecule has 0 fully saturated rings. The van der Waals surface area contributed by atoms with Crippen LogP contribution in [0.1, 0.15) is 26.5 Å². The first-order valence-corrected chi connectivity index (χ1v) is 6.31. The van der Waals surface area contributed by atoms with Crippen molar-refractivity contribution in [3.05, 3.63) is 34.4 Å². The Labute approximate surface area is 105 Å². The zero-order valence-electron chi connectivity index (χ0n) is 9.92. The van der Waals surface area contributed by atoms with Crippen molar-refractivity contribution < 1.29 is 0 Å². The van der Waals surface area contributed by atoms with Gasteiger partial charge in [-0.15, -0.1) is 0 Å². The molecule has 0 spiro atoms. The fourth-order valence-corrected chi connectivity index (χ4v) is 2.45. The summed E-state index contributed by atoms with van der Waals surface area (Å²) in [6, 6.07) is 8.52. The van der Waals surface area contributed by atoms with E-state index in [2.05, 4.69) is 51.7 Å². The van der Waals surface area contributed by atoms with Crippen molar-refractivity contribution in [2.24, 2.45) is 5.73 Å². The smallest absolute Gasteiger partial charge is 0.0506 e. The maximum atomic E-state index is 6.20. The van der Waals surface area contributed by atoms with Crippen molar-refractivity contribution in [2.75, 3.05) is 0 Å². The van der Waals surface area contributed by atoms with Gasteiger partial charge in [0.25, 0.3) is 0 Å². The third-order valence-electron chi connectivity index (χ3n) is 2.84. The van der Waals surface area contributed by atoms with Crippen LogP contribution in [0, 0.1) is 0 Å². The lowest BCUT2D eigenvalue weighted by Crippen LogP contribution is -2.31. The summed E-state index contributed by atoms with van der Waals surface area (Å²) in [5.41, 5.74) is 8.32. The lowest BCUT2D eigenvalue weighted by molar-refractivity contribution is 0.504. The van der Waals surface area contributed by atoms with Gasteiger partial charge in [0, 0.05) is 27.6 Å². The van der Waals surface area contributed by atoms with E-state index in [0.717, 1.165) is 11.0 Å². The van der Waals surface area contributed by atoms with E-state index in [4.69, 9.17) is 5.73 Å². The molecule has 1 aromatic carbocycles. The summed E-state index contributed by atoms with van der Waals surface area (Å²) >= 11 is 3.51. The van der Waals surface area contributed by atoms with E-state index in [1.54, 1.807) is 0 Å². The number of rotatable bonds is 2. The Kier molecular flexibility index (Phi) is 2.84. The quantitative estimate of drug-likeness (QED) is 0.895. The summed E-state index contributed by atoms with van der Waals surface area (Å²) in [6.07, 6.45) is 0. The Morgan fingerprint density at radius 3 is 2.56 bits per heavy atom. The summed E-state index contributed by atoms with van der Waals surface area (Å²) in [5, 5.41) is 1.25. The zero-order valence-corrected chi connectivity index (χ0v) is 11.5. The Bertz CT molecular complexity index is 520. The highest BCUT2D eigenvalue weighted by atomic mass is 79.9. The summed E-state index contributed by atoms with van der Waals surface area (Å²) in [7, 11) is 0. The van der Waals surface area contributed by atoms with Crippen LogP contribution < -0.4 is 5.73 Å². The lowest BCUT2D eigenvalue weighted by Gasteiger charge is -2.21. The molecule has 0 radical (unpaired) electrons. The van der Waals surface area contributed by atoms with E-state index >= 15 is 0 Å². The van der Waals surface area contributed by atoms with Gasteiger partial charge in [-0.05, 0) is 39.0 Å². The molecule has 1 heterocycles. The van der Waals surface area contributed by atoms with Crippen molar-refractivity contribution >= 4 is 26.8 Å². The number of hydrogen-bond acceptors (Lipinski definition) is 1. The summed E-state index contributed by atoms with van der Waals surface area (Å²) < 4.78 is 3.38. The molecule has 0 saturated heterocycles. The molecule has 2 nitrogen and oxygen atoms in total. The van der Waals surface area contributed by atoms with Crippen molar-refractivity contribution in [3.8, 4) is 0 Å². The third kappa shape index (κ3) is 1.89. The number of aryl methyl sites for hydroxylation is 1. The number of aromatic nitrogens is 1. The van der Waals surface area contributed by atoms with Crippen molar-refractivity contribution in [2.45, 2.75) is 32.9 Å². The fraction of sp³-hybridized carbons (Fsp3) is 0.385. The predicted octanol–water partition coefficient (Wildman–Crippen LogP) is 3.62. The van der Waals surface area contributed by atoms with Crippen molar-refractivity contribution in [3.63, 3.8) is 0 Å². The third-order valence-corrected chi connectivity index (χ3v) is 3.34. The first-order chi connectivity index (χ1) is 7.43. The molecule has 1 aromatic heterocycles. The predicted molar refractivity (Wildman–Crippen MR) is 72.5 cm³/mol. The SMILES string of the molecule is CCn1c(C(C)(C)N)cc2ccc(Br)cc21. The Balaban J connectivity index is 2.77. The highest BCUT2D eigenvalue weighted by molar-refractivity contribution is 9.10. The Morgan fingerprint density at radius 2 is 2.00 bits per heavy atom. The van der Waals surface area contributed by atoms with Crippen LogP contribution in [0.2, 0.25) is 0 Å². The van der Waals surface area contributed by atoms with Crippen LogP contribution in [0.15, 0.2) is 28.7 Å². The molecular weight excluding hydrogens is 264 g/mol. The van der Waals surface area contributed by atoms with Crippen LogP contribution in [0.5, 0.6) is 0 Å². The Morgan fingerprint density at radius 1 is 1.31 bits per heavy atom. The number of hydrogen-bond donors (Lipinski definition) is 1. The van der Waals surface area contributed by atoms with Gasteiger partial charge in [-0.2, -0.15) is 0 Å². The topological polar surface area (TPSA) is 30.9 Å². The monoisotopic (exact) mass is 280 g/mol. The van der Waals surface area contributed by atoms with Crippen molar-refractivity contribution in [1.82, 2.24) is 4.57 Å². The van der Waals surface area contributed by atoms with E-state index in [-0.39, 0.29) is 5.54 Å². The summed E-state index contributed by atoms with van der Waals surface area (Å²) in [5.74, 6) is 0. The van der Waals surface area contributed by atoms with Gasteiger partial charge < -0.3 is 10.3 Å². The van der Waals surface area contributed by atoms with E-state index in [1.807, 2.05) is 13.8 Å². The minimum atomic E-state index is -0.304. The second-order valence-electron chi connectivity index (χ2n) is 4.70. The molecular formula is C13H17BrN2. The summed E-state index contributed by atoms with van der Waals surface area (Å²) in [4.78, 5) is 0. The summed E-state index contributed by atoms with van der Waals surface area (Å²) in [6.45, 7) is 7.18. The fourth-order valence-electron chi connectivity index (χ4n) is 2.10. The molecule has 16 heavy (non-hydrogen) atoms. The molecule has 0 saturated carbocycles. The van der Waals surface area contributed by atoms with Crippen LogP contribution >= 0.6 is 15.9 Å². The van der Waals surface area contributed by atoms with Crippen LogP contribution in [0.4, 0.5) is 0 Å². The molecule has 0 unspecified atom stereocenters. The van der Waals surface area contributed by atoms with E-state index in [0.29, 0.717) is 0 Å². The Hall–Kier alpha value is -0.800. The van der Waals surface area contributed by atoms with Crippen molar-refractivity contribution in [1.29, 1.82) is 0 Å². The van der Waals surface area contributed by atoms with Gasteiger partial charge >= 0.3 is 0 Å². The van der Waals surface area contributed by atoms with Crippen LogP contribution in [-0.2, 0) is 12.1 Å². The first-order valence-electron chi connectivity index (χ1n) is 5.51. The number of benzene rings is 1. The molecule has 0 amide bonds. The maximum Gasteiger partial charge on any atom is 0.0506 e. The van der Waals surface area contributed by atoms with Gasteiger partial charge in [-0.25, -0.2) is 0 Å². The van der Waals surface area contributed by atoms with Gasteiger partial charge in [-0.3, -0.25) is 0 Å². The normalized spacial score (nSPS) is 12.3. The largest absolute Gasteiger partial charge is 0.343 e. The number of nitrogens with two attached hydrogens (primary N) is 1. The molecule has 86 valence electrons. The molecule has 2 N–H and O–H groups in total. The second-order valence-corrected chi connectivity index (χ2v) is 5.61. The molecule has 3 heteroatoms. The standard InChI is InChI=1S/C13H17BrN2/c1-4-16-11-8-10(14)6-5-9(11)7-12(16)13(2,3)15/h5-8H,4,15H2,1-3H3. The van der Waals surface area contributed by atoms with Gasteiger partial charge in [0.15, 0.2) is 0 Å². The highest BCUT2D eigenvalue weighted by Crippen LogP contribution is 2.28. The molecule has 0 atom stereocenters. The molecule has 2 rings (SSSR count).